The van der Waals surface area contributed by atoms with Gasteiger partial charge in [0.15, 0.2) is 0 Å². The van der Waals surface area contributed by atoms with E-state index >= 15 is 0 Å². The van der Waals surface area contributed by atoms with Crippen LogP contribution in [-0.2, 0) is 0 Å². The molecule has 0 bridgehead atoms. The lowest BCUT2D eigenvalue weighted by Crippen LogP contribution is -2.50. The van der Waals surface area contributed by atoms with Gasteiger partial charge in [-0.1, -0.05) is 34.8 Å². The zero-order chi connectivity index (χ0) is 19.0. The second-order valence-electron chi connectivity index (χ2n) is 7.19. The molecule has 2 aliphatic heterocycles. The van der Waals surface area contributed by atoms with Crippen molar-refractivity contribution in [1.29, 1.82) is 0 Å². The summed E-state index contributed by atoms with van der Waals surface area (Å²) in [7, 11) is 0. The highest BCUT2D eigenvalue weighted by atomic mass is 35.5. The molecule has 146 valence electrons. The van der Waals surface area contributed by atoms with Crippen LogP contribution in [0.4, 0.5) is 0 Å². The number of hydrogen-bond acceptors (Lipinski definition) is 4. The number of carbonyl (C=O) groups excluding carboxylic acids is 1. The Kier molecular flexibility index (Phi) is 6.17. The Hall–Kier alpha value is -0.560. The average Bonchev–Trinajstić information content (AvgIpc) is 3.28. The van der Waals surface area contributed by atoms with Crippen molar-refractivity contribution in [2.45, 2.75) is 12.8 Å². The van der Waals surface area contributed by atoms with E-state index in [1.807, 2.05) is 11.0 Å². The topological polar surface area (TPSA) is 26.8 Å². The fraction of sp³-hybridized carbons (Fsp3) is 0.526. The Morgan fingerprint density at radius 1 is 0.926 bits per heavy atom. The van der Waals surface area contributed by atoms with Gasteiger partial charge in [-0.05, 0) is 38.1 Å². The van der Waals surface area contributed by atoms with Crippen molar-refractivity contribution in [2.24, 2.45) is 0 Å². The van der Waals surface area contributed by atoms with Crippen molar-refractivity contribution in [3.05, 3.63) is 32.1 Å². The molecule has 0 unspecified atom stereocenters. The van der Waals surface area contributed by atoms with Crippen LogP contribution in [0.25, 0.3) is 10.1 Å². The summed E-state index contributed by atoms with van der Waals surface area (Å²) in [5, 5.41) is 2.21. The van der Waals surface area contributed by atoms with Gasteiger partial charge in [0.25, 0.3) is 5.91 Å². The molecule has 3 heterocycles. The SMILES string of the molecule is O=C(c1sc2cc(Cl)cc(Cl)c2c1Cl)N1CCN(CCN2CCCC2)CC1. The zero-order valence-corrected chi connectivity index (χ0v) is 18.1. The van der Waals surface area contributed by atoms with E-state index in [-0.39, 0.29) is 5.91 Å². The molecule has 4 nitrogen and oxygen atoms in total. The third kappa shape index (κ3) is 4.24. The molecule has 2 fully saturated rings. The highest BCUT2D eigenvalue weighted by Crippen LogP contribution is 2.41. The number of hydrogen-bond donors (Lipinski definition) is 0. The van der Waals surface area contributed by atoms with E-state index < -0.39 is 0 Å². The van der Waals surface area contributed by atoms with E-state index in [1.54, 1.807) is 6.07 Å². The van der Waals surface area contributed by atoms with Crippen LogP contribution >= 0.6 is 46.1 Å². The average molecular weight is 447 g/mol. The molecule has 1 aromatic carbocycles. The number of likely N-dealkylation sites (tertiary alicyclic amines) is 1. The molecular formula is C19H22Cl3N3OS. The summed E-state index contributed by atoms with van der Waals surface area (Å²) >= 11 is 20.2. The molecule has 2 aromatic rings. The summed E-state index contributed by atoms with van der Waals surface area (Å²) in [6, 6.07) is 3.48. The Morgan fingerprint density at radius 3 is 2.22 bits per heavy atom. The van der Waals surface area contributed by atoms with Gasteiger partial charge in [-0.15, -0.1) is 11.3 Å². The minimum atomic E-state index is -0.00687. The summed E-state index contributed by atoms with van der Waals surface area (Å²) in [5.41, 5.74) is 0. The van der Waals surface area contributed by atoms with Gasteiger partial charge in [0.2, 0.25) is 0 Å². The second-order valence-corrected chi connectivity index (χ2v) is 9.46. The van der Waals surface area contributed by atoms with E-state index in [2.05, 4.69) is 9.80 Å². The number of benzene rings is 1. The van der Waals surface area contributed by atoms with Gasteiger partial charge in [-0.2, -0.15) is 0 Å². The van der Waals surface area contributed by atoms with Gasteiger partial charge in [0.1, 0.15) is 4.88 Å². The maximum atomic E-state index is 13.0. The predicted molar refractivity (Wildman–Crippen MR) is 115 cm³/mol. The minimum Gasteiger partial charge on any atom is -0.335 e. The van der Waals surface area contributed by atoms with Crippen molar-refractivity contribution in [3.63, 3.8) is 0 Å². The molecule has 0 atom stereocenters. The predicted octanol–water partition coefficient (Wildman–Crippen LogP) is 4.72. The van der Waals surface area contributed by atoms with Gasteiger partial charge >= 0.3 is 0 Å². The molecular weight excluding hydrogens is 425 g/mol. The number of rotatable bonds is 4. The molecule has 1 aromatic heterocycles. The van der Waals surface area contributed by atoms with E-state index in [0.717, 1.165) is 49.4 Å². The molecule has 0 radical (unpaired) electrons. The molecule has 0 N–H and O–H groups in total. The van der Waals surface area contributed by atoms with Crippen LogP contribution < -0.4 is 0 Å². The number of thiophene rings is 1. The quantitative estimate of drug-likeness (QED) is 0.680. The highest BCUT2D eigenvalue weighted by molar-refractivity contribution is 7.21. The van der Waals surface area contributed by atoms with E-state index in [1.165, 1.54) is 37.3 Å². The van der Waals surface area contributed by atoms with Crippen LogP contribution in [-0.4, -0.2) is 73.0 Å². The van der Waals surface area contributed by atoms with Crippen molar-refractivity contribution in [3.8, 4) is 0 Å². The van der Waals surface area contributed by atoms with E-state index in [9.17, 15) is 4.79 Å². The molecule has 1 amide bonds. The number of halogens is 3. The van der Waals surface area contributed by atoms with Gasteiger partial charge in [-0.25, -0.2) is 0 Å². The second kappa shape index (κ2) is 8.44. The molecule has 4 rings (SSSR count). The fourth-order valence-electron chi connectivity index (χ4n) is 3.86. The monoisotopic (exact) mass is 445 g/mol. The maximum absolute atomic E-state index is 13.0. The van der Waals surface area contributed by atoms with E-state index in [4.69, 9.17) is 34.8 Å². The minimum absolute atomic E-state index is 0.00687. The first kappa shape index (κ1) is 19.7. The van der Waals surface area contributed by atoms with Gasteiger partial charge in [0, 0.05) is 54.4 Å². The summed E-state index contributed by atoms with van der Waals surface area (Å²) < 4.78 is 0.852. The van der Waals surface area contributed by atoms with Crippen LogP contribution in [0.2, 0.25) is 15.1 Å². The van der Waals surface area contributed by atoms with Crippen LogP contribution in [0, 0.1) is 0 Å². The van der Waals surface area contributed by atoms with Crippen LogP contribution in [0.3, 0.4) is 0 Å². The van der Waals surface area contributed by atoms with Gasteiger partial charge < -0.3 is 9.80 Å². The Balaban J connectivity index is 1.40. The smallest absolute Gasteiger partial charge is 0.265 e. The first-order valence-electron chi connectivity index (χ1n) is 9.34. The standard InChI is InChI=1S/C19H22Cl3N3OS/c20-13-11-14(21)16-15(12-13)27-18(17(16)22)19(26)25-9-7-24(8-10-25)6-5-23-3-1-2-4-23/h11-12H,1-10H2. The summed E-state index contributed by atoms with van der Waals surface area (Å²) in [6.45, 7) is 7.97. The molecule has 0 aliphatic carbocycles. The first-order chi connectivity index (χ1) is 13.0. The van der Waals surface area contributed by atoms with Gasteiger partial charge in [-0.3, -0.25) is 9.69 Å². The number of piperazine rings is 1. The Bertz CT molecular complexity index is 842. The molecule has 0 spiro atoms. The van der Waals surface area contributed by atoms with Crippen LogP contribution in [0.15, 0.2) is 12.1 Å². The first-order valence-corrected chi connectivity index (χ1v) is 11.3. The van der Waals surface area contributed by atoms with Gasteiger partial charge in [0.05, 0.1) is 10.0 Å². The maximum Gasteiger partial charge on any atom is 0.265 e. The lowest BCUT2D eigenvalue weighted by atomic mass is 10.2. The zero-order valence-electron chi connectivity index (χ0n) is 15.0. The van der Waals surface area contributed by atoms with E-state index in [0.29, 0.717) is 19.9 Å². The number of amides is 1. The summed E-state index contributed by atoms with van der Waals surface area (Å²) in [6.07, 6.45) is 2.65. The molecule has 8 heteroatoms. The molecule has 27 heavy (non-hydrogen) atoms. The number of fused-ring (bicyclic) bond motifs is 1. The van der Waals surface area contributed by atoms with Crippen LogP contribution in [0.1, 0.15) is 22.5 Å². The molecule has 2 aliphatic rings. The van der Waals surface area contributed by atoms with Crippen LogP contribution in [0.5, 0.6) is 0 Å². The van der Waals surface area contributed by atoms with Crippen molar-refractivity contribution in [1.82, 2.24) is 14.7 Å². The summed E-state index contributed by atoms with van der Waals surface area (Å²) in [5.74, 6) is -0.00687. The third-order valence-electron chi connectivity index (χ3n) is 5.43. The molecule has 2 saturated heterocycles. The van der Waals surface area contributed by atoms with Crippen molar-refractivity contribution in [2.75, 3.05) is 52.4 Å². The lowest BCUT2D eigenvalue weighted by Gasteiger charge is -2.35. The number of nitrogens with zero attached hydrogens (tertiary/aromatic N) is 3. The Labute approximate surface area is 178 Å². The Morgan fingerprint density at radius 2 is 1.56 bits per heavy atom. The lowest BCUT2D eigenvalue weighted by molar-refractivity contribution is 0.0631. The summed E-state index contributed by atoms with van der Waals surface area (Å²) in [4.78, 5) is 20.4. The fourth-order valence-corrected chi connectivity index (χ4v) is 6.20. The third-order valence-corrected chi connectivity index (χ3v) is 7.57. The van der Waals surface area contributed by atoms with Crippen molar-refractivity contribution >= 4 is 62.1 Å². The molecule has 0 saturated carbocycles. The number of carbonyl (C=O) groups is 1. The van der Waals surface area contributed by atoms with Crippen molar-refractivity contribution < 1.29 is 4.79 Å². The largest absolute Gasteiger partial charge is 0.335 e. The normalized spacial score (nSPS) is 19.3. The highest BCUT2D eigenvalue weighted by Gasteiger charge is 2.27.